The minimum absolute atomic E-state index is 0.142. The van der Waals surface area contributed by atoms with Crippen LogP contribution in [0.3, 0.4) is 0 Å². The molecule has 2 nitrogen and oxygen atoms in total. The number of rotatable bonds is 5. The second-order valence-electron chi connectivity index (χ2n) is 5.76. The first-order valence-electron chi connectivity index (χ1n) is 6.81. The van der Waals surface area contributed by atoms with Crippen molar-refractivity contribution in [1.29, 1.82) is 0 Å². The lowest BCUT2D eigenvalue weighted by molar-refractivity contribution is 0.149. The molecule has 1 aromatic carbocycles. The van der Waals surface area contributed by atoms with Gasteiger partial charge in [0.25, 0.3) is 0 Å². The van der Waals surface area contributed by atoms with Gasteiger partial charge in [-0.2, -0.15) is 0 Å². The first-order chi connectivity index (χ1) is 8.76. The van der Waals surface area contributed by atoms with Gasteiger partial charge in [0.05, 0.1) is 6.61 Å². The summed E-state index contributed by atoms with van der Waals surface area (Å²) in [6.07, 6.45) is 4.58. The van der Waals surface area contributed by atoms with E-state index in [1.54, 1.807) is 12.1 Å². The third-order valence-electron chi connectivity index (χ3n) is 4.00. The lowest BCUT2D eigenvalue weighted by atomic mass is 9.81. The van der Waals surface area contributed by atoms with Gasteiger partial charge in [-0.1, -0.05) is 12.1 Å². The van der Waals surface area contributed by atoms with Gasteiger partial charge in [0.2, 0.25) is 0 Å². The first-order valence-corrected chi connectivity index (χ1v) is 6.81. The van der Waals surface area contributed by atoms with Crippen LogP contribution >= 0.6 is 0 Å². The third-order valence-corrected chi connectivity index (χ3v) is 4.00. The topological polar surface area (TPSA) is 21.3 Å². The summed E-state index contributed by atoms with van der Waals surface area (Å²) < 4.78 is 18.8. The number of nitrogens with one attached hydrogen (secondary N) is 1. The Kier molecular flexibility index (Phi) is 3.35. The van der Waals surface area contributed by atoms with E-state index < -0.39 is 0 Å². The summed E-state index contributed by atoms with van der Waals surface area (Å²) in [4.78, 5) is 0. The van der Waals surface area contributed by atoms with Crippen molar-refractivity contribution >= 4 is 0 Å². The van der Waals surface area contributed by atoms with E-state index >= 15 is 0 Å². The molecule has 2 aliphatic rings. The van der Waals surface area contributed by atoms with Crippen LogP contribution in [-0.2, 0) is 11.2 Å². The zero-order valence-corrected chi connectivity index (χ0v) is 10.6. The van der Waals surface area contributed by atoms with Gasteiger partial charge in [0, 0.05) is 24.6 Å². The van der Waals surface area contributed by atoms with Gasteiger partial charge in [0.1, 0.15) is 5.82 Å². The molecule has 0 aromatic heterocycles. The quantitative estimate of drug-likeness (QED) is 0.866. The number of hydrogen-bond donors (Lipinski definition) is 1. The number of benzene rings is 1. The van der Waals surface area contributed by atoms with Crippen LogP contribution < -0.4 is 5.32 Å². The highest BCUT2D eigenvalue weighted by Gasteiger charge is 2.36. The molecule has 0 amide bonds. The highest BCUT2D eigenvalue weighted by Crippen LogP contribution is 2.33. The van der Waals surface area contributed by atoms with Crippen molar-refractivity contribution < 1.29 is 9.13 Å². The molecular formula is C15H20FNO. The van der Waals surface area contributed by atoms with E-state index in [1.165, 1.54) is 18.9 Å². The minimum atomic E-state index is -0.142. The van der Waals surface area contributed by atoms with E-state index in [0.717, 1.165) is 44.2 Å². The molecule has 1 heterocycles. The molecule has 1 saturated heterocycles. The Morgan fingerprint density at radius 1 is 1.39 bits per heavy atom. The Morgan fingerprint density at radius 3 is 2.94 bits per heavy atom. The molecule has 3 rings (SSSR count). The summed E-state index contributed by atoms with van der Waals surface area (Å²) in [6, 6.07) is 7.68. The number of hydrogen-bond acceptors (Lipinski definition) is 2. The molecule has 2 fully saturated rings. The number of halogens is 1. The zero-order valence-electron chi connectivity index (χ0n) is 10.6. The van der Waals surface area contributed by atoms with Crippen molar-refractivity contribution in [2.75, 3.05) is 19.8 Å². The average molecular weight is 249 g/mol. The summed E-state index contributed by atoms with van der Waals surface area (Å²) in [6.45, 7) is 2.62. The number of ether oxygens (including phenoxy) is 1. The van der Waals surface area contributed by atoms with E-state index in [1.807, 2.05) is 6.07 Å². The van der Waals surface area contributed by atoms with E-state index in [0.29, 0.717) is 0 Å². The maximum Gasteiger partial charge on any atom is 0.123 e. The maximum absolute atomic E-state index is 13.2. The van der Waals surface area contributed by atoms with Crippen LogP contribution in [0.1, 0.15) is 24.8 Å². The Labute approximate surface area is 108 Å². The monoisotopic (exact) mass is 249 g/mol. The Balaban J connectivity index is 1.68. The predicted octanol–water partition coefficient (Wildman–Crippen LogP) is 2.53. The van der Waals surface area contributed by atoms with Gasteiger partial charge >= 0.3 is 0 Å². The third kappa shape index (κ3) is 2.90. The fourth-order valence-electron chi connectivity index (χ4n) is 2.72. The molecule has 0 radical (unpaired) electrons. The van der Waals surface area contributed by atoms with Crippen LogP contribution in [0.4, 0.5) is 4.39 Å². The molecule has 18 heavy (non-hydrogen) atoms. The molecule has 1 atom stereocenters. The van der Waals surface area contributed by atoms with Crippen LogP contribution in [0.25, 0.3) is 0 Å². The van der Waals surface area contributed by atoms with Gasteiger partial charge in [-0.3, -0.25) is 0 Å². The van der Waals surface area contributed by atoms with Gasteiger partial charge in [-0.15, -0.1) is 0 Å². The SMILES string of the molecule is Fc1cccc(CC2(CNC3CC3)CCOC2)c1. The van der Waals surface area contributed by atoms with Crippen molar-refractivity contribution in [3.05, 3.63) is 35.6 Å². The molecule has 1 aliphatic heterocycles. The standard InChI is InChI=1S/C15H20FNO/c16-13-3-1-2-12(8-13)9-15(6-7-18-11-15)10-17-14-4-5-14/h1-3,8,14,17H,4-7,9-11H2. The van der Waals surface area contributed by atoms with Gasteiger partial charge in [0.15, 0.2) is 0 Å². The Morgan fingerprint density at radius 2 is 2.28 bits per heavy atom. The fraction of sp³-hybridized carbons (Fsp3) is 0.600. The van der Waals surface area contributed by atoms with E-state index in [4.69, 9.17) is 4.74 Å². The maximum atomic E-state index is 13.2. The molecule has 1 saturated carbocycles. The molecular weight excluding hydrogens is 229 g/mol. The molecule has 1 N–H and O–H groups in total. The zero-order chi connectivity index (χ0) is 12.4. The lowest BCUT2D eigenvalue weighted by Crippen LogP contribution is -2.37. The average Bonchev–Trinajstić information content (AvgIpc) is 3.08. The molecule has 1 aromatic rings. The normalized spacial score (nSPS) is 27.6. The fourth-order valence-corrected chi connectivity index (χ4v) is 2.72. The first kappa shape index (κ1) is 12.1. The summed E-state index contributed by atoms with van der Waals surface area (Å²) in [5, 5.41) is 3.60. The second-order valence-corrected chi connectivity index (χ2v) is 5.76. The Bertz CT molecular complexity index is 411. The molecule has 1 unspecified atom stereocenters. The summed E-state index contributed by atoms with van der Waals surface area (Å²) in [5.74, 6) is -0.142. The van der Waals surface area contributed by atoms with Crippen LogP contribution in [0.5, 0.6) is 0 Å². The van der Waals surface area contributed by atoms with E-state index in [2.05, 4.69) is 5.32 Å². The van der Waals surface area contributed by atoms with Gasteiger partial charge < -0.3 is 10.1 Å². The van der Waals surface area contributed by atoms with Crippen molar-refractivity contribution in [3.63, 3.8) is 0 Å². The smallest absolute Gasteiger partial charge is 0.123 e. The molecule has 98 valence electrons. The highest BCUT2D eigenvalue weighted by atomic mass is 19.1. The molecule has 0 bridgehead atoms. The van der Waals surface area contributed by atoms with Gasteiger partial charge in [-0.25, -0.2) is 4.39 Å². The summed E-state index contributed by atoms with van der Waals surface area (Å²) in [7, 11) is 0. The van der Waals surface area contributed by atoms with Crippen LogP contribution in [0, 0.1) is 11.2 Å². The van der Waals surface area contributed by atoms with Gasteiger partial charge in [-0.05, 0) is 43.4 Å². The molecule has 3 heteroatoms. The van der Waals surface area contributed by atoms with Crippen LogP contribution in [0.2, 0.25) is 0 Å². The van der Waals surface area contributed by atoms with Crippen molar-refractivity contribution in [3.8, 4) is 0 Å². The molecule has 0 spiro atoms. The van der Waals surface area contributed by atoms with Crippen LogP contribution in [0.15, 0.2) is 24.3 Å². The van der Waals surface area contributed by atoms with E-state index in [-0.39, 0.29) is 11.2 Å². The predicted molar refractivity (Wildman–Crippen MR) is 69.0 cm³/mol. The van der Waals surface area contributed by atoms with Crippen molar-refractivity contribution in [2.24, 2.45) is 5.41 Å². The van der Waals surface area contributed by atoms with Crippen molar-refractivity contribution in [1.82, 2.24) is 5.32 Å². The summed E-state index contributed by atoms with van der Waals surface area (Å²) in [5.41, 5.74) is 1.24. The largest absolute Gasteiger partial charge is 0.381 e. The second kappa shape index (κ2) is 4.98. The Hall–Kier alpha value is -0.930. The molecule has 1 aliphatic carbocycles. The van der Waals surface area contributed by atoms with Crippen molar-refractivity contribution in [2.45, 2.75) is 31.7 Å². The lowest BCUT2D eigenvalue weighted by Gasteiger charge is -2.28. The minimum Gasteiger partial charge on any atom is -0.381 e. The summed E-state index contributed by atoms with van der Waals surface area (Å²) >= 11 is 0. The highest BCUT2D eigenvalue weighted by molar-refractivity contribution is 5.18. The van der Waals surface area contributed by atoms with E-state index in [9.17, 15) is 4.39 Å². The van der Waals surface area contributed by atoms with Crippen LogP contribution in [-0.4, -0.2) is 25.8 Å².